The van der Waals surface area contributed by atoms with Crippen LogP contribution in [0, 0.1) is 10.4 Å². The molecule has 1 aliphatic heterocycles. The first-order chi connectivity index (χ1) is 9.74. The van der Waals surface area contributed by atoms with Crippen molar-refractivity contribution >= 4 is 19.6 Å². The maximum Gasteiger partial charge on any atom is 0.127 e. The van der Waals surface area contributed by atoms with Gasteiger partial charge in [-0.05, 0) is 40.9 Å². The summed E-state index contributed by atoms with van der Waals surface area (Å²) in [5, 5.41) is 4.70. The van der Waals surface area contributed by atoms with Gasteiger partial charge in [0.25, 0.3) is 0 Å². The Hall–Kier alpha value is -1.79. The zero-order valence-electron chi connectivity index (χ0n) is 11.9. The van der Waals surface area contributed by atoms with Gasteiger partial charge in [-0.1, -0.05) is 32.2 Å². The molecule has 0 spiro atoms. The average Bonchev–Trinajstić information content (AvgIpc) is 2.61. The minimum atomic E-state index is -0.287. The lowest BCUT2D eigenvalue weighted by Gasteiger charge is -2.05. The monoisotopic (exact) mass is 284 g/mol. The van der Waals surface area contributed by atoms with Crippen molar-refractivity contribution in [2.45, 2.75) is 0 Å². The van der Waals surface area contributed by atoms with Gasteiger partial charge >= 0.3 is 0 Å². The highest BCUT2D eigenvalue weighted by Gasteiger charge is 2.07. The number of rotatable bonds is 2. The highest BCUT2D eigenvalue weighted by molar-refractivity contribution is 7.73. The smallest absolute Gasteiger partial charge is 0.127 e. The summed E-state index contributed by atoms with van der Waals surface area (Å²) >= 11 is 0. The molecule has 0 radical (unpaired) electrons. The van der Waals surface area contributed by atoms with E-state index >= 15 is 0 Å². The summed E-state index contributed by atoms with van der Waals surface area (Å²) < 4.78 is 11.2. The molecule has 2 nitrogen and oxygen atoms in total. The van der Waals surface area contributed by atoms with Crippen LogP contribution in [-0.2, 0) is 0 Å². The van der Waals surface area contributed by atoms with Crippen LogP contribution in [-0.4, -0.2) is 20.9 Å². The van der Waals surface area contributed by atoms with Crippen LogP contribution in [0.2, 0.25) is 0 Å². The summed E-state index contributed by atoms with van der Waals surface area (Å²) in [6.45, 7) is 2.26. The summed E-state index contributed by atoms with van der Waals surface area (Å²) in [6, 6.07) is 12.4. The standard InChI is InChI=1S/C17H17O2P/c1-18-14-8-4-6-12-10-20(3)11-13-7-5-9-15(19-2)17(13)16(12)14/h4-11H,1-3H3. The predicted octanol–water partition coefficient (Wildman–Crippen LogP) is 2.59. The molecule has 3 heteroatoms. The molecule has 0 N–H and O–H groups in total. The van der Waals surface area contributed by atoms with Gasteiger partial charge in [-0.2, -0.15) is 0 Å². The summed E-state index contributed by atoms with van der Waals surface area (Å²) in [4.78, 5) is 0. The van der Waals surface area contributed by atoms with Crippen LogP contribution in [0.1, 0.15) is 0 Å². The molecule has 1 aliphatic rings. The minimum absolute atomic E-state index is 0.287. The van der Waals surface area contributed by atoms with E-state index in [1.54, 1.807) is 14.2 Å². The van der Waals surface area contributed by atoms with Crippen LogP contribution in [0.15, 0.2) is 36.4 Å². The molecule has 0 fully saturated rings. The maximum atomic E-state index is 5.58. The Morgan fingerprint density at radius 3 is 1.60 bits per heavy atom. The molecule has 2 aromatic carbocycles. The molecule has 1 heterocycles. The van der Waals surface area contributed by atoms with Crippen LogP contribution in [0.5, 0.6) is 11.5 Å². The van der Waals surface area contributed by atoms with Gasteiger partial charge in [-0.3, -0.25) is 0 Å². The second-order valence-corrected chi connectivity index (χ2v) is 6.62. The average molecular weight is 284 g/mol. The third-order valence-electron chi connectivity index (χ3n) is 3.49. The van der Waals surface area contributed by atoms with Crippen molar-refractivity contribution < 1.29 is 9.47 Å². The van der Waals surface area contributed by atoms with E-state index in [1.165, 1.54) is 10.4 Å². The normalized spacial score (nSPS) is 13.3. The first kappa shape index (κ1) is 13.2. The lowest BCUT2D eigenvalue weighted by Crippen LogP contribution is -2.10. The second kappa shape index (κ2) is 5.30. The van der Waals surface area contributed by atoms with Crippen molar-refractivity contribution in [3.8, 4) is 11.5 Å². The van der Waals surface area contributed by atoms with Gasteiger partial charge in [0.1, 0.15) is 11.5 Å². The van der Waals surface area contributed by atoms with E-state index < -0.39 is 0 Å². The van der Waals surface area contributed by atoms with Crippen LogP contribution in [0.25, 0.3) is 11.6 Å². The molecule has 0 unspecified atom stereocenters. The molecule has 2 aromatic rings. The van der Waals surface area contributed by atoms with E-state index in [2.05, 4.69) is 30.4 Å². The van der Waals surface area contributed by atoms with E-state index in [9.17, 15) is 0 Å². The molecular weight excluding hydrogens is 267 g/mol. The SMILES string of the molecule is COc1cccc2c1=c1c(OC)cccc1=CP(C)C=2. The second-order valence-electron chi connectivity index (χ2n) is 4.77. The molecule has 0 saturated heterocycles. The zero-order chi connectivity index (χ0) is 14.1. The number of benzene rings is 2. The molecule has 0 bridgehead atoms. The summed E-state index contributed by atoms with van der Waals surface area (Å²) in [7, 11) is 3.15. The van der Waals surface area contributed by atoms with Crippen molar-refractivity contribution in [3.05, 3.63) is 57.3 Å². The van der Waals surface area contributed by atoms with Gasteiger partial charge in [0.05, 0.1) is 14.2 Å². The Balaban J connectivity index is 2.72. The van der Waals surface area contributed by atoms with E-state index in [0.29, 0.717) is 0 Å². The topological polar surface area (TPSA) is 18.5 Å². The number of hydrogen-bond donors (Lipinski definition) is 0. The lowest BCUT2D eigenvalue weighted by atomic mass is 10.1. The van der Waals surface area contributed by atoms with E-state index in [0.717, 1.165) is 21.9 Å². The highest BCUT2D eigenvalue weighted by Crippen LogP contribution is 2.35. The zero-order valence-corrected chi connectivity index (χ0v) is 12.8. The molecular formula is C17H17O2P. The largest absolute Gasteiger partial charge is 0.496 e. The fourth-order valence-corrected chi connectivity index (χ4v) is 4.05. The van der Waals surface area contributed by atoms with Crippen molar-refractivity contribution in [2.75, 3.05) is 20.9 Å². The fourth-order valence-electron chi connectivity index (χ4n) is 2.66. The van der Waals surface area contributed by atoms with Crippen molar-refractivity contribution in [1.29, 1.82) is 0 Å². The van der Waals surface area contributed by atoms with Crippen molar-refractivity contribution in [2.24, 2.45) is 0 Å². The number of ether oxygens (including phenoxy) is 2. The van der Waals surface area contributed by atoms with Gasteiger partial charge < -0.3 is 9.47 Å². The first-order valence-corrected chi connectivity index (χ1v) is 8.43. The van der Waals surface area contributed by atoms with Crippen LogP contribution in [0.3, 0.4) is 0 Å². The highest BCUT2D eigenvalue weighted by atomic mass is 31.1. The Kier molecular flexibility index (Phi) is 3.50. The number of hydrogen-bond acceptors (Lipinski definition) is 2. The van der Waals surface area contributed by atoms with Crippen LogP contribution >= 0.6 is 7.92 Å². The molecule has 102 valence electrons. The van der Waals surface area contributed by atoms with Crippen LogP contribution in [0.4, 0.5) is 0 Å². The van der Waals surface area contributed by atoms with Gasteiger partial charge in [0, 0.05) is 10.4 Å². The van der Waals surface area contributed by atoms with Crippen molar-refractivity contribution in [3.63, 3.8) is 0 Å². The Morgan fingerprint density at radius 1 is 0.750 bits per heavy atom. The minimum Gasteiger partial charge on any atom is -0.496 e. The van der Waals surface area contributed by atoms with E-state index in [4.69, 9.17) is 9.47 Å². The fraction of sp³-hybridized carbons (Fsp3) is 0.176. The predicted molar refractivity (Wildman–Crippen MR) is 84.7 cm³/mol. The first-order valence-electron chi connectivity index (χ1n) is 6.50. The van der Waals surface area contributed by atoms with E-state index in [1.807, 2.05) is 24.3 Å². The molecule has 0 aliphatic carbocycles. The Bertz CT molecular complexity index is 784. The number of methoxy groups -OCH3 is 2. The van der Waals surface area contributed by atoms with E-state index in [-0.39, 0.29) is 7.92 Å². The molecule has 0 saturated carbocycles. The van der Waals surface area contributed by atoms with Gasteiger partial charge in [0.15, 0.2) is 0 Å². The van der Waals surface area contributed by atoms with Gasteiger partial charge in [-0.15, -0.1) is 0 Å². The quantitative estimate of drug-likeness (QED) is 0.789. The molecule has 20 heavy (non-hydrogen) atoms. The molecule has 3 rings (SSSR count). The molecule has 0 aromatic heterocycles. The van der Waals surface area contributed by atoms with Crippen LogP contribution < -0.4 is 19.9 Å². The third-order valence-corrected chi connectivity index (χ3v) is 4.86. The Morgan fingerprint density at radius 2 is 1.20 bits per heavy atom. The third kappa shape index (κ3) is 2.10. The van der Waals surface area contributed by atoms with Gasteiger partial charge in [-0.25, -0.2) is 0 Å². The number of fused-ring (bicyclic) bond motifs is 2. The summed E-state index contributed by atoms with van der Waals surface area (Å²) in [6.07, 6.45) is 0. The summed E-state index contributed by atoms with van der Waals surface area (Å²) in [5.74, 6) is 6.44. The lowest BCUT2D eigenvalue weighted by molar-refractivity contribution is 0.404. The maximum absolute atomic E-state index is 5.58. The molecule has 0 amide bonds. The molecule has 0 atom stereocenters. The van der Waals surface area contributed by atoms with Crippen molar-refractivity contribution in [1.82, 2.24) is 0 Å². The summed E-state index contributed by atoms with van der Waals surface area (Å²) in [5.41, 5.74) is 0. The Labute approximate surface area is 119 Å². The van der Waals surface area contributed by atoms with Gasteiger partial charge in [0.2, 0.25) is 0 Å².